The van der Waals surface area contributed by atoms with Crippen LogP contribution in [0.5, 0.6) is 5.75 Å². The molecule has 6 nitrogen and oxygen atoms in total. The topological polar surface area (TPSA) is 75.7 Å². The first-order valence-corrected chi connectivity index (χ1v) is 10.0. The number of hydrogen-bond donors (Lipinski definition) is 1. The number of sulfonamides is 1. The first-order chi connectivity index (χ1) is 12.5. The highest BCUT2D eigenvalue weighted by atomic mass is 32.2. The van der Waals surface area contributed by atoms with E-state index in [-0.39, 0.29) is 10.8 Å². The monoisotopic (exact) mass is 374 g/mol. The molecule has 3 rings (SSSR count). The van der Waals surface area contributed by atoms with Crippen LogP contribution in [0.15, 0.2) is 53.4 Å². The van der Waals surface area contributed by atoms with Gasteiger partial charge in [-0.1, -0.05) is 6.42 Å². The number of carbonyl (C=O) groups is 1. The quantitative estimate of drug-likeness (QED) is 0.872. The zero-order valence-corrected chi connectivity index (χ0v) is 15.5. The molecular weight excluding hydrogens is 352 g/mol. The molecule has 1 aliphatic rings. The molecule has 138 valence electrons. The maximum absolute atomic E-state index is 12.6. The number of amides is 1. The lowest BCUT2D eigenvalue weighted by Crippen LogP contribution is -2.35. The van der Waals surface area contributed by atoms with Crippen molar-refractivity contribution in [1.82, 2.24) is 4.31 Å². The van der Waals surface area contributed by atoms with E-state index in [1.807, 2.05) is 0 Å². The van der Waals surface area contributed by atoms with Gasteiger partial charge in [0.15, 0.2) is 0 Å². The Labute approximate surface area is 153 Å². The summed E-state index contributed by atoms with van der Waals surface area (Å²) in [5.41, 5.74) is 1.04. The van der Waals surface area contributed by atoms with Crippen LogP contribution in [-0.2, 0) is 10.0 Å². The molecule has 0 unspecified atom stereocenters. The number of methoxy groups -OCH3 is 1. The second-order valence-corrected chi connectivity index (χ2v) is 8.11. The highest BCUT2D eigenvalue weighted by Gasteiger charge is 2.25. The summed E-state index contributed by atoms with van der Waals surface area (Å²) in [6, 6.07) is 13.1. The molecule has 26 heavy (non-hydrogen) atoms. The Bertz CT molecular complexity index is 855. The number of piperidine rings is 1. The molecule has 1 fully saturated rings. The van der Waals surface area contributed by atoms with Crippen molar-refractivity contribution < 1.29 is 17.9 Å². The molecule has 1 amide bonds. The Morgan fingerprint density at radius 1 is 0.962 bits per heavy atom. The van der Waals surface area contributed by atoms with Crippen molar-refractivity contribution in [2.75, 3.05) is 25.5 Å². The molecule has 1 N–H and O–H groups in total. The molecule has 2 aromatic carbocycles. The van der Waals surface area contributed by atoms with E-state index >= 15 is 0 Å². The number of ether oxygens (including phenoxy) is 1. The normalized spacial score (nSPS) is 15.4. The summed E-state index contributed by atoms with van der Waals surface area (Å²) in [7, 11) is -1.90. The summed E-state index contributed by atoms with van der Waals surface area (Å²) in [6.07, 6.45) is 2.87. The molecule has 7 heteroatoms. The van der Waals surface area contributed by atoms with Crippen molar-refractivity contribution in [3.63, 3.8) is 0 Å². The van der Waals surface area contributed by atoms with Crippen LogP contribution in [0.2, 0.25) is 0 Å². The smallest absolute Gasteiger partial charge is 0.255 e. The third-order valence-corrected chi connectivity index (χ3v) is 6.33. The number of nitrogens with one attached hydrogen (secondary N) is 1. The third kappa shape index (κ3) is 4.05. The zero-order chi connectivity index (χ0) is 18.6. The standard InChI is InChI=1S/C19H22N2O4S/c1-25-17-9-5-15(6-10-17)19(22)20-16-7-11-18(12-8-16)26(23,24)21-13-3-2-4-14-21/h5-12H,2-4,13-14H2,1H3,(H,20,22). The van der Waals surface area contributed by atoms with Gasteiger partial charge in [0, 0.05) is 24.3 Å². The van der Waals surface area contributed by atoms with E-state index in [9.17, 15) is 13.2 Å². The van der Waals surface area contributed by atoms with Crippen LogP contribution in [0, 0.1) is 0 Å². The number of rotatable bonds is 5. The predicted octanol–water partition coefficient (Wildman–Crippen LogP) is 3.12. The van der Waals surface area contributed by atoms with Gasteiger partial charge in [0.25, 0.3) is 5.91 Å². The molecule has 1 saturated heterocycles. The van der Waals surface area contributed by atoms with E-state index in [1.54, 1.807) is 43.5 Å². The van der Waals surface area contributed by atoms with Crippen LogP contribution < -0.4 is 10.1 Å². The van der Waals surface area contributed by atoms with E-state index in [0.29, 0.717) is 30.1 Å². The number of nitrogens with zero attached hydrogens (tertiary/aromatic N) is 1. The fourth-order valence-corrected chi connectivity index (χ4v) is 4.43. The zero-order valence-electron chi connectivity index (χ0n) is 14.6. The van der Waals surface area contributed by atoms with Crippen molar-refractivity contribution in [2.24, 2.45) is 0 Å². The number of benzene rings is 2. The minimum absolute atomic E-state index is 0.252. The summed E-state index contributed by atoms with van der Waals surface area (Å²) in [5, 5.41) is 2.77. The van der Waals surface area contributed by atoms with Gasteiger partial charge in [0.1, 0.15) is 5.75 Å². The Kier molecular flexibility index (Phi) is 5.58. The lowest BCUT2D eigenvalue weighted by molar-refractivity contribution is 0.102. The molecule has 0 aromatic heterocycles. The van der Waals surface area contributed by atoms with Gasteiger partial charge in [0.2, 0.25) is 10.0 Å². The van der Waals surface area contributed by atoms with Crippen LogP contribution >= 0.6 is 0 Å². The Morgan fingerprint density at radius 2 is 1.58 bits per heavy atom. The van der Waals surface area contributed by atoms with Gasteiger partial charge in [-0.2, -0.15) is 4.31 Å². The average Bonchev–Trinajstić information content (AvgIpc) is 2.69. The Hall–Kier alpha value is -2.38. The van der Waals surface area contributed by atoms with Gasteiger partial charge in [0.05, 0.1) is 12.0 Å². The molecule has 0 radical (unpaired) electrons. The number of hydrogen-bond acceptors (Lipinski definition) is 4. The van der Waals surface area contributed by atoms with Gasteiger partial charge in [-0.05, 0) is 61.4 Å². The largest absolute Gasteiger partial charge is 0.497 e. The first kappa shape index (κ1) is 18.4. The molecule has 0 aliphatic carbocycles. The second kappa shape index (κ2) is 7.88. The lowest BCUT2D eigenvalue weighted by atomic mass is 10.2. The first-order valence-electron chi connectivity index (χ1n) is 8.56. The Morgan fingerprint density at radius 3 is 2.15 bits per heavy atom. The molecule has 0 bridgehead atoms. The van der Waals surface area contributed by atoms with E-state index in [2.05, 4.69) is 5.32 Å². The summed E-state index contributed by atoms with van der Waals surface area (Å²) in [4.78, 5) is 12.5. The summed E-state index contributed by atoms with van der Waals surface area (Å²) < 4.78 is 31.9. The van der Waals surface area contributed by atoms with Gasteiger partial charge < -0.3 is 10.1 Å². The lowest BCUT2D eigenvalue weighted by Gasteiger charge is -2.25. The summed E-state index contributed by atoms with van der Waals surface area (Å²) in [5.74, 6) is 0.410. The molecule has 1 heterocycles. The molecule has 0 saturated carbocycles. The van der Waals surface area contributed by atoms with Crippen molar-refractivity contribution in [1.29, 1.82) is 0 Å². The third-order valence-electron chi connectivity index (χ3n) is 4.42. The van der Waals surface area contributed by atoms with Gasteiger partial charge in [-0.3, -0.25) is 4.79 Å². The SMILES string of the molecule is COc1ccc(C(=O)Nc2ccc(S(=O)(=O)N3CCCCC3)cc2)cc1. The van der Waals surface area contributed by atoms with Crippen molar-refractivity contribution in [3.05, 3.63) is 54.1 Å². The molecule has 0 spiro atoms. The highest BCUT2D eigenvalue weighted by Crippen LogP contribution is 2.22. The predicted molar refractivity (Wildman–Crippen MR) is 100.0 cm³/mol. The van der Waals surface area contributed by atoms with Gasteiger partial charge in [-0.15, -0.1) is 0 Å². The molecule has 2 aromatic rings. The molecular formula is C19H22N2O4S. The van der Waals surface area contributed by atoms with Crippen LogP contribution in [0.4, 0.5) is 5.69 Å². The number of carbonyl (C=O) groups excluding carboxylic acids is 1. The maximum atomic E-state index is 12.6. The fourth-order valence-electron chi connectivity index (χ4n) is 2.91. The summed E-state index contributed by atoms with van der Waals surface area (Å²) >= 11 is 0. The van der Waals surface area contributed by atoms with Crippen LogP contribution in [-0.4, -0.2) is 38.8 Å². The van der Waals surface area contributed by atoms with Crippen LogP contribution in [0.25, 0.3) is 0 Å². The Balaban J connectivity index is 1.69. The van der Waals surface area contributed by atoms with Gasteiger partial charge >= 0.3 is 0 Å². The van der Waals surface area contributed by atoms with Crippen molar-refractivity contribution in [3.8, 4) is 5.75 Å². The average molecular weight is 374 g/mol. The van der Waals surface area contributed by atoms with Crippen LogP contribution in [0.1, 0.15) is 29.6 Å². The van der Waals surface area contributed by atoms with Gasteiger partial charge in [-0.25, -0.2) is 8.42 Å². The second-order valence-electron chi connectivity index (χ2n) is 6.17. The minimum Gasteiger partial charge on any atom is -0.497 e. The number of anilines is 1. The van der Waals surface area contributed by atoms with E-state index in [1.165, 1.54) is 16.4 Å². The van der Waals surface area contributed by atoms with Crippen molar-refractivity contribution in [2.45, 2.75) is 24.2 Å². The van der Waals surface area contributed by atoms with E-state index < -0.39 is 10.0 Å². The van der Waals surface area contributed by atoms with Crippen molar-refractivity contribution >= 4 is 21.6 Å². The highest BCUT2D eigenvalue weighted by molar-refractivity contribution is 7.89. The molecule has 1 aliphatic heterocycles. The van der Waals surface area contributed by atoms with Crippen LogP contribution in [0.3, 0.4) is 0 Å². The fraction of sp³-hybridized carbons (Fsp3) is 0.316. The molecule has 0 atom stereocenters. The van der Waals surface area contributed by atoms with E-state index in [4.69, 9.17) is 4.74 Å². The summed E-state index contributed by atoms with van der Waals surface area (Å²) in [6.45, 7) is 1.14. The maximum Gasteiger partial charge on any atom is 0.255 e. The van der Waals surface area contributed by atoms with E-state index in [0.717, 1.165) is 19.3 Å². The minimum atomic E-state index is -3.46.